The summed E-state index contributed by atoms with van der Waals surface area (Å²) >= 11 is 0. The van der Waals surface area contributed by atoms with Gasteiger partial charge in [0.25, 0.3) is 0 Å². The highest BCUT2D eigenvalue weighted by Gasteiger charge is 1.90. The highest BCUT2D eigenvalue weighted by atomic mass is 16.3. The molecule has 0 unspecified atom stereocenters. The topological polar surface area (TPSA) is 32.8 Å². The van der Waals surface area contributed by atoms with Gasteiger partial charge in [0.05, 0.1) is 6.20 Å². The molecule has 0 spiro atoms. The molecule has 0 aliphatic rings. The van der Waals surface area contributed by atoms with Gasteiger partial charge in [-0.1, -0.05) is 6.92 Å². The highest BCUT2D eigenvalue weighted by Crippen LogP contribution is 2.06. The van der Waals surface area contributed by atoms with Gasteiger partial charge in [-0.25, -0.2) is 0 Å². The van der Waals surface area contributed by atoms with E-state index in [0.29, 0.717) is 0 Å². The van der Waals surface area contributed by atoms with Crippen LogP contribution in [-0.4, -0.2) is 4.98 Å². The lowest BCUT2D eigenvalue weighted by molar-refractivity contribution is 0.352. The van der Waals surface area contributed by atoms with E-state index in [0.717, 1.165) is 12.1 Å². The van der Waals surface area contributed by atoms with E-state index in [1.165, 1.54) is 12.3 Å². The third kappa shape index (κ3) is 1.42. The maximum atomic E-state index is 10.5. The third-order valence-corrected chi connectivity index (χ3v) is 1.16. The minimum atomic E-state index is -0.0211. The first-order valence-corrected chi connectivity index (χ1v) is 2.95. The molecule has 0 atom stereocenters. The first-order valence-electron chi connectivity index (χ1n) is 2.95. The van der Waals surface area contributed by atoms with Crippen LogP contribution in [0.2, 0.25) is 0 Å². The zero-order valence-corrected chi connectivity index (χ0v) is 5.29. The standard InChI is InChI=1S/C7H8NO/c1-2-6-3-4-7(9)5-8-6/h3-5H,2H2,1H3. The molecule has 1 radical (unpaired) electrons. The molecule has 0 N–H and O–H groups in total. The van der Waals surface area contributed by atoms with E-state index >= 15 is 0 Å². The summed E-state index contributed by atoms with van der Waals surface area (Å²) in [5.41, 5.74) is 0.967. The van der Waals surface area contributed by atoms with Crippen molar-refractivity contribution < 1.29 is 5.11 Å². The lowest BCUT2D eigenvalue weighted by Gasteiger charge is -1.90. The molecule has 0 aliphatic heterocycles. The Balaban J connectivity index is 2.88. The van der Waals surface area contributed by atoms with Crippen LogP contribution in [0.4, 0.5) is 0 Å². The van der Waals surface area contributed by atoms with E-state index in [2.05, 4.69) is 4.98 Å². The summed E-state index contributed by atoms with van der Waals surface area (Å²) in [6.45, 7) is 2.01. The Morgan fingerprint density at radius 2 is 2.33 bits per heavy atom. The van der Waals surface area contributed by atoms with Crippen molar-refractivity contribution in [3.05, 3.63) is 24.0 Å². The number of aromatic nitrogens is 1. The van der Waals surface area contributed by atoms with E-state index in [1.807, 2.05) is 6.92 Å². The maximum absolute atomic E-state index is 10.5. The van der Waals surface area contributed by atoms with Crippen LogP contribution in [0.25, 0.3) is 0 Å². The van der Waals surface area contributed by atoms with Crippen molar-refractivity contribution >= 4 is 0 Å². The van der Waals surface area contributed by atoms with E-state index in [-0.39, 0.29) is 5.75 Å². The molecule has 9 heavy (non-hydrogen) atoms. The first-order chi connectivity index (χ1) is 4.33. The van der Waals surface area contributed by atoms with Crippen LogP contribution in [0.5, 0.6) is 5.75 Å². The molecular formula is C7H8NO. The Bertz CT molecular complexity index is 181. The second kappa shape index (κ2) is 2.49. The zero-order valence-electron chi connectivity index (χ0n) is 5.29. The van der Waals surface area contributed by atoms with Gasteiger partial charge in [-0.3, -0.25) is 10.1 Å². The summed E-state index contributed by atoms with van der Waals surface area (Å²) in [5.74, 6) is -0.0211. The average molecular weight is 122 g/mol. The molecule has 0 bridgehead atoms. The van der Waals surface area contributed by atoms with Crippen LogP contribution < -0.4 is 0 Å². The summed E-state index contributed by atoms with van der Waals surface area (Å²) < 4.78 is 0. The van der Waals surface area contributed by atoms with Crippen LogP contribution in [0, 0.1) is 0 Å². The molecule has 1 aromatic rings. The Morgan fingerprint density at radius 3 is 2.78 bits per heavy atom. The van der Waals surface area contributed by atoms with Crippen molar-refractivity contribution in [1.82, 2.24) is 4.98 Å². The lowest BCUT2D eigenvalue weighted by Crippen LogP contribution is -1.82. The number of rotatable bonds is 1. The highest BCUT2D eigenvalue weighted by molar-refractivity contribution is 5.17. The van der Waals surface area contributed by atoms with Gasteiger partial charge in [0.15, 0.2) is 5.75 Å². The van der Waals surface area contributed by atoms with Gasteiger partial charge >= 0.3 is 0 Å². The minimum absolute atomic E-state index is 0.0211. The number of aryl methyl sites for hydroxylation is 1. The molecule has 0 aromatic carbocycles. The largest absolute Gasteiger partial charge is 0.288 e. The van der Waals surface area contributed by atoms with Crippen molar-refractivity contribution in [1.29, 1.82) is 0 Å². The van der Waals surface area contributed by atoms with Gasteiger partial charge < -0.3 is 0 Å². The van der Waals surface area contributed by atoms with Gasteiger partial charge in [-0.2, -0.15) is 0 Å². The van der Waals surface area contributed by atoms with E-state index < -0.39 is 0 Å². The molecule has 47 valence electrons. The maximum Gasteiger partial charge on any atom is 0.196 e. The Morgan fingerprint density at radius 1 is 1.56 bits per heavy atom. The van der Waals surface area contributed by atoms with E-state index in [4.69, 9.17) is 0 Å². The van der Waals surface area contributed by atoms with Crippen LogP contribution in [0.15, 0.2) is 18.3 Å². The summed E-state index contributed by atoms with van der Waals surface area (Å²) in [4.78, 5) is 3.88. The summed E-state index contributed by atoms with van der Waals surface area (Å²) in [5, 5.41) is 10.5. The predicted octanol–water partition coefficient (Wildman–Crippen LogP) is 1.79. The van der Waals surface area contributed by atoms with Crippen molar-refractivity contribution in [2.75, 3.05) is 0 Å². The molecule has 2 heteroatoms. The molecule has 2 nitrogen and oxygen atoms in total. The van der Waals surface area contributed by atoms with Gasteiger partial charge in [0.2, 0.25) is 0 Å². The Kier molecular flexibility index (Phi) is 1.68. The number of hydrogen-bond donors (Lipinski definition) is 0. The molecular weight excluding hydrogens is 114 g/mol. The normalized spacial score (nSPS) is 9.44. The molecule has 0 aliphatic carbocycles. The van der Waals surface area contributed by atoms with Crippen molar-refractivity contribution in [3.63, 3.8) is 0 Å². The minimum Gasteiger partial charge on any atom is -0.288 e. The fourth-order valence-corrected chi connectivity index (χ4v) is 0.620. The smallest absolute Gasteiger partial charge is 0.196 e. The molecule has 0 amide bonds. The summed E-state index contributed by atoms with van der Waals surface area (Å²) in [7, 11) is 0. The lowest BCUT2D eigenvalue weighted by atomic mass is 10.3. The van der Waals surface area contributed by atoms with Crippen molar-refractivity contribution in [2.24, 2.45) is 0 Å². The second-order valence-corrected chi connectivity index (χ2v) is 1.84. The predicted molar refractivity (Wildman–Crippen MR) is 33.7 cm³/mol. The van der Waals surface area contributed by atoms with Gasteiger partial charge in [0, 0.05) is 5.69 Å². The van der Waals surface area contributed by atoms with Gasteiger partial charge in [0.1, 0.15) is 0 Å². The van der Waals surface area contributed by atoms with E-state index in [1.54, 1.807) is 6.07 Å². The number of nitrogens with zero attached hydrogens (tertiary/aromatic N) is 1. The fraction of sp³-hybridized carbons (Fsp3) is 0.286. The number of hydrogen-bond acceptors (Lipinski definition) is 1. The van der Waals surface area contributed by atoms with Crippen molar-refractivity contribution in [2.45, 2.75) is 13.3 Å². The zero-order chi connectivity index (χ0) is 6.69. The molecule has 0 saturated carbocycles. The SMILES string of the molecule is CCc1ccc([O])cn1. The van der Waals surface area contributed by atoms with Crippen LogP contribution in [-0.2, 0) is 11.5 Å². The van der Waals surface area contributed by atoms with Crippen molar-refractivity contribution in [3.8, 4) is 5.75 Å². The van der Waals surface area contributed by atoms with Gasteiger partial charge in [-0.05, 0) is 18.6 Å². The van der Waals surface area contributed by atoms with Crippen LogP contribution in [0.3, 0.4) is 0 Å². The summed E-state index contributed by atoms with van der Waals surface area (Å²) in [6, 6.07) is 3.29. The number of pyridine rings is 1. The fourth-order valence-electron chi connectivity index (χ4n) is 0.620. The van der Waals surface area contributed by atoms with Crippen LogP contribution in [0.1, 0.15) is 12.6 Å². The Hall–Kier alpha value is -1.05. The molecule has 0 fully saturated rings. The molecule has 1 rings (SSSR count). The average Bonchev–Trinajstić information content (AvgIpc) is 1.90. The van der Waals surface area contributed by atoms with Crippen LogP contribution >= 0.6 is 0 Å². The second-order valence-electron chi connectivity index (χ2n) is 1.84. The van der Waals surface area contributed by atoms with Gasteiger partial charge in [-0.15, -0.1) is 0 Å². The quantitative estimate of drug-likeness (QED) is 0.558. The molecule has 1 aromatic heterocycles. The third-order valence-electron chi connectivity index (χ3n) is 1.16. The monoisotopic (exact) mass is 122 g/mol. The van der Waals surface area contributed by atoms with E-state index in [9.17, 15) is 5.11 Å². The molecule has 1 heterocycles. The first kappa shape index (κ1) is 6.08. The Labute approximate surface area is 54.2 Å². The summed E-state index contributed by atoms with van der Waals surface area (Å²) in [6.07, 6.45) is 2.24. The molecule has 0 saturated heterocycles.